The number of hydrogen-bond acceptors (Lipinski definition) is 2. The summed E-state index contributed by atoms with van der Waals surface area (Å²) in [7, 11) is 0. The largest absolute Gasteiger partial charge is 0.507 e. The van der Waals surface area contributed by atoms with E-state index in [0.29, 0.717) is 17.6 Å². The summed E-state index contributed by atoms with van der Waals surface area (Å²) in [5.41, 5.74) is 2.61. The molecule has 1 aromatic rings. The fourth-order valence-electron chi connectivity index (χ4n) is 2.38. The molecule has 22 heavy (non-hydrogen) atoms. The van der Waals surface area contributed by atoms with Crippen LogP contribution in [0.3, 0.4) is 0 Å². The predicted molar refractivity (Wildman–Crippen MR) is 91.3 cm³/mol. The van der Waals surface area contributed by atoms with Gasteiger partial charge in [-0.15, -0.1) is 0 Å². The van der Waals surface area contributed by atoms with Gasteiger partial charge in [-0.05, 0) is 58.6 Å². The van der Waals surface area contributed by atoms with Gasteiger partial charge >= 0.3 is 5.97 Å². The summed E-state index contributed by atoms with van der Waals surface area (Å²) in [6.45, 7) is 12.7. The Kier molecular flexibility index (Phi) is 6.21. The third-order valence-corrected chi connectivity index (χ3v) is 4.59. The number of phenols is 1. The molecule has 2 unspecified atom stereocenters. The van der Waals surface area contributed by atoms with E-state index < -0.39 is 5.97 Å². The first-order valence-corrected chi connectivity index (χ1v) is 7.92. The standard InChI is InChI=1S/C19H28O3/c1-11(2)13(5)16-9-15(7-8-18(20)21)10-17(19(16)22)14(6)12(3)4/h7-14,22H,1-6H3,(H,20,21). The lowest BCUT2D eigenvalue weighted by Crippen LogP contribution is -2.08. The molecule has 0 amide bonds. The first kappa shape index (κ1) is 18.3. The predicted octanol–water partition coefficient (Wildman–Crippen LogP) is 5.01. The van der Waals surface area contributed by atoms with Crippen molar-refractivity contribution in [3.05, 3.63) is 34.9 Å². The van der Waals surface area contributed by atoms with Gasteiger partial charge in [0.25, 0.3) is 0 Å². The maximum atomic E-state index is 10.8. The molecule has 2 N–H and O–H groups in total. The number of carboxylic acid groups (broad SMARTS) is 1. The van der Waals surface area contributed by atoms with Crippen molar-refractivity contribution in [3.63, 3.8) is 0 Å². The van der Waals surface area contributed by atoms with Gasteiger partial charge in [-0.3, -0.25) is 0 Å². The summed E-state index contributed by atoms with van der Waals surface area (Å²) < 4.78 is 0. The molecule has 0 fully saturated rings. The second-order valence-corrected chi connectivity index (χ2v) is 6.78. The van der Waals surface area contributed by atoms with Gasteiger partial charge in [-0.2, -0.15) is 0 Å². The van der Waals surface area contributed by atoms with Crippen LogP contribution in [-0.2, 0) is 4.79 Å². The molecule has 0 aliphatic heterocycles. The minimum Gasteiger partial charge on any atom is -0.507 e. The maximum absolute atomic E-state index is 10.8. The van der Waals surface area contributed by atoms with Crippen molar-refractivity contribution >= 4 is 12.0 Å². The zero-order chi connectivity index (χ0) is 17.0. The number of carbonyl (C=O) groups is 1. The van der Waals surface area contributed by atoms with Crippen LogP contribution in [0, 0.1) is 11.8 Å². The summed E-state index contributed by atoms with van der Waals surface area (Å²) in [5.74, 6) is 0.589. The summed E-state index contributed by atoms with van der Waals surface area (Å²) in [6.07, 6.45) is 2.73. The molecule has 0 aliphatic carbocycles. The lowest BCUT2D eigenvalue weighted by atomic mass is 9.82. The maximum Gasteiger partial charge on any atom is 0.328 e. The molecule has 1 rings (SSSR count). The average molecular weight is 304 g/mol. The van der Waals surface area contributed by atoms with Crippen molar-refractivity contribution in [1.82, 2.24) is 0 Å². The van der Waals surface area contributed by atoms with Crippen molar-refractivity contribution in [2.45, 2.75) is 53.4 Å². The van der Waals surface area contributed by atoms with Crippen molar-refractivity contribution in [1.29, 1.82) is 0 Å². The van der Waals surface area contributed by atoms with Crippen molar-refractivity contribution < 1.29 is 15.0 Å². The molecule has 0 bridgehead atoms. The minimum atomic E-state index is -0.968. The quantitative estimate of drug-likeness (QED) is 0.726. The molecule has 0 aromatic heterocycles. The Morgan fingerprint density at radius 3 is 1.68 bits per heavy atom. The highest BCUT2D eigenvalue weighted by molar-refractivity contribution is 5.85. The van der Waals surface area contributed by atoms with Crippen molar-refractivity contribution in [3.8, 4) is 5.75 Å². The lowest BCUT2D eigenvalue weighted by Gasteiger charge is -2.24. The van der Waals surface area contributed by atoms with Crippen LogP contribution in [0.5, 0.6) is 5.75 Å². The van der Waals surface area contributed by atoms with Gasteiger partial charge < -0.3 is 10.2 Å². The highest BCUT2D eigenvalue weighted by atomic mass is 16.4. The molecule has 0 aliphatic rings. The SMILES string of the molecule is CC(C)C(C)c1cc(C=CC(=O)O)cc(C(C)C(C)C)c1O. The summed E-state index contributed by atoms with van der Waals surface area (Å²) in [6, 6.07) is 3.80. The van der Waals surface area contributed by atoms with Crippen LogP contribution < -0.4 is 0 Å². The molecule has 0 radical (unpaired) electrons. The van der Waals surface area contributed by atoms with Gasteiger partial charge in [0.1, 0.15) is 5.75 Å². The smallest absolute Gasteiger partial charge is 0.328 e. The molecule has 0 saturated carbocycles. The zero-order valence-corrected chi connectivity index (χ0v) is 14.4. The Labute approximate surface area is 133 Å². The fourth-order valence-corrected chi connectivity index (χ4v) is 2.38. The number of aliphatic carboxylic acids is 1. The summed E-state index contributed by atoms with van der Waals surface area (Å²) in [5, 5.41) is 19.5. The zero-order valence-electron chi connectivity index (χ0n) is 14.4. The van der Waals surface area contributed by atoms with E-state index in [4.69, 9.17) is 5.11 Å². The first-order valence-electron chi connectivity index (χ1n) is 7.92. The van der Waals surface area contributed by atoms with Crippen LogP contribution in [0.15, 0.2) is 18.2 Å². The second kappa shape index (κ2) is 7.48. The summed E-state index contributed by atoms with van der Waals surface area (Å²) in [4.78, 5) is 10.8. The topological polar surface area (TPSA) is 57.5 Å². The number of benzene rings is 1. The molecule has 0 saturated heterocycles. The van der Waals surface area contributed by atoms with Crippen LogP contribution >= 0.6 is 0 Å². The third-order valence-electron chi connectivity index (χ3n) is 4.59. The van der Waals surface area contributed by atoms with E-state index in [1.807, 2.05) is 12.1 Å². The number of phenolic OH excluding ortho intramolecular Hbond substituents is 1. The Morgan fingerprint density at radius 1 is 0.955 bits per heavy atom. The van der Waals surface area contributed by atoms with Gasteiger partial charge in [-0.1, -0.05) is 41.5 Å². The first-order chi connectivity index (χ1) is 10.1. The number of carboxylic acids is 1. The van der Waals surface area contributed by atoms with E-state index in [1.54, 1.807) is 6.08 Å². The number of rotatable bonds is 6. The van der Waals surface area contributed by atoms with Crippen LogP contribution in [0.2, 0.25) is 0 Å². The Morgan fingerprint density at radius 2 is 1.36 bits per heavy atom. The average Bonchev–Trinajstić information content (AvgIpc) is 2.44. The van der Waals surface area contributed by atoms with Gasteiger partial charge in [0, 0.05) is 6.08 Å². The molecule has 1 aromatic carbocycles. The van der Waals surface area contributed by atoms with E-state index in [0.717, 1.165) is 22.8 Å². The molecule has 0 spiro atoms. The van der Waals surface area contributed by atoms with Crippen LogP contribution in [0.4, 0.5) is 0 Å². The third kappa shape index (κ3) is 4.36. The lowest BCUT2D eigenvalue weighted by molar-refractivity contribution is -0.131. The molecule has 3 heteroatoms. The van der Waals surface area contributed by atoms with E-state index in [1.165, 1.54) is 0 Å². The molecule has 122 valence electrons. The van der Waals surface area contributed by atoms with Crippen molar-refractivity contribution in [2.24, 2.45) is 11.8 Å². The van der Waals surface area contributed by atoms with Crippen LogP contribution in [0.1, 0.15) is 70.1 Å². The fraction of sp³-hybridized carbons (Fsp3) is 0.526. The highest BCUT2D eigenvalue weighted by Gasteiger charge is 2.21. The van der Waals surface area contributed by atoms with E-state index in [-0.39, 0.29) is 11.8 Å². The Balaban J connectivity index is 3.46. The molecular formula is C19H28O3. The van der Waals surface area contributed by atoms with Gasteiger partial charge in [0.2, 0.25) is 0 Å². The van der Waals surface area contributed by atoms with Crippen LogP contribution in [-0.4, -0.2) is 16.2 Å². The Bertz CT molecular complexity index is 521. The van der Waals surface area contributed by atoms with Gasteiger partial charge in [-0.25, -0.2) is 4.79 Å². The normalized spacial score (nSPS) is 14.7. The molecular weight excluding hydrogens is 276 g/mol. The monoisotopic (exact) mass is 304 g/mol. The van der Waals surface area contributed by atoms with E-state index in [9.17, 15) is 9.90 Å². The van der Waals surface area contributed by atoms with E-state index in [2.05, 4.69) is 41.5 Å². The molecule has 0 heterocycles. The Hall–Kier alpha value is -1.77. The summed E-state index contributed by atoms with van der Waals surface area (Å²) >= 11 is 0. The minimum absolute atomic E-state index is 0.205. The van der Waals surface area contributed by atoms with Gasteiger partial charge in [0.05, 0.1) is 0 Å². The van der Waals surface area contributed by atoms with E-state index >= 15 is 0 Å². The second-order valence-electron chi connectivity index (χ2n) is 6.78. The van der Waals surface area contributed by atoms with Crippen molar-refractivity contribution in [2.75, 3.05) is 0 Å². The molecule has 3 nitrogen and oxygen atoms in total. The van der Waals surface area contributed by atoms with Gasteiger partial charge in [0.15, 0.2) is 0 Å². The highest BCUT2D eigenvalue weighted by Crippen LogP contribution is 2.39. The number of hydrogen-bond donors (Lipinski definition) is 2. The number of aromatic hydroxyl groups is 1. The van der Waals surface area contributed by atoms with Crippen LogP contribution in [0.25, 0.3) is 6.08 Å². The molecule has 2 atom stereocenters.